The van der Waals surface area contributed by atoms with E-state index in [2.05, 4.69) is 5.32 Å². The Bertz CT molecular complexity index is 726. The van der Waals surface area contributed by atoms with Gasteiger partial charge in [0.2, 0.25) is 0 Å². The fraction of sp³-hybridized carbons (Fsp3) is 0.300. The van der Waals surface area contributed by atoms with Crippen molar-refractivity contribution >= 4 is 17.5 Å². The van der Waals surface area contributed by atoms with E-state index in [1.165, 1.54) is 0 Å². The molecule has 1 N–H and O–H groups in total. The van der Waals surface area contributed by atoms with Gasteiger partial charge in [-0.15, -0.1) is 0 Å². The number of carbonyl (C=O) groups excluding carboxylic acids is 2. The van der Waals surface area contributed by atoms with E-state index in [9.17, 15) is 9.59 Å². The number of anilines is 1. The van der Waals surface area contributed by atoms with Crippen molar-refractivity contribution in [3.63, 3.8) is 0 Å². The quantitative estimate of drug-likeness (QED) is 0.788. The molecule has 2 rings (SSSR count). The first-order valence-electron chi connectivity index (χ1n) is 8.32. The molecule has 0 aliphatic carbocycles. The Balaban J connectivity index is 2.12. The van der Waals surface area contributed by atoms with Crippen LogP contribution in [0.3, 0.4) is 0 Å². The van der Waals surface area contributed by atoms with E-state index in [1.807, 2.05) is 38.1 Å². The van der Waals surface area contributed by atoms with Crippen molar-refractivity contribution < 1.29 is 14.3 Å². The van der Waals surface area contributed by atoms with Gasteiger partial charge in [0.05, 0.1) is 6.61 Å². The zero-order chi connectivity index (χ0) is 18.2. The largest absolute Gasteiger partial charge is 0.383 e. The van der Waals surface area contributed by atoms with E-state index < -0.39 is 0 Å². The molecule has 0 radical (unpaired) electrons. The second-order valence-corrected chi connectivity index (χ2v) is 5.71. The van der Waals surface area contributed by atoms with Crippen LogP contribution in [-0.4, -0.2) is 38.6 Å². The first-order chi connectivity index (χ1) is 12.1. The molecule has 0 unspecified atom stereocenters. The number of methoxy groups -OCH3 is 1. The van der Waals surface area contributed by atoms with E-state index in [-0.39, 0.29) is 11.8 Å². The average molecular weight is 340 g/mol. The number of rotatable bonds is 7. The maximum atomic E-state index is 12.8. The highest BCUT2D eigenvalue weighted by molar-refractivity contribution is 6.06. The summed E-state index contributed by atoms with van der Waals surface area (Å²) in [6, 6.07) is 14.6. The van der Waals surface area contributed by atoms with E-state index in [1.54, 1.807) is 36.3 Å². The molecule has 0 spiro atoms. The minimum Gasteiger partial charge on any atom is -0.383 e. The molecule has 0 heterocycles. The predicted molar refractivity (Wildman–Crippen MR) is 99.2 cm³/mol. The summed E-state index contributed by atoms with van der Waals surface area (Å²) in [5.74, 6) is -0.262. The van der Waals surface area contributed by atoms with E-state index >= 15 is 0 Å². The molecule has 5 heteroatoms. The molecule has 0 saturated heterocycles. The number of ether oxygens (including phenoxy) is 1. The fourth-order valence-electron chi connectivity index (χ4n) is 2.53. The molecule has 0 fully saturated rings. The van der Waals surface area contributed by atoms with Crippen molar-refractivity contribution in [3.05, 3.63) is 65.2 Å². The molecule has 132 valence electrons. The smallest absolute Gasteiger partial charge is 0.258 e. The predicted octanol–water partition coefficient (Wildman–Crippen LogP) is 3.04. The van der Waals surface area contributed by atoms with Gasteiger partial charge < -0.3 is 15.0 Å². The lowest BCUT2D eigenvalue weighted by molar-refractivity contribution is 0.0934. The fourth-order valence-corrected chi connectivity index (χ4v) is 2.53. The zero-order valence-corrected chi connectivity index (χ0v) is 14.9. The molecule has 0 atom stereocenters. The Labute approximate surface area is 148 Å². The number of nitrogens with zero attached hydrogens (tertiary/aromatic N) is 1. The van der Waals surface area contributed by atoms with Gasteiger partial charge in [0, 0.05) is 37.0 Å². The third-order valence-corrected chi connectivity index (χ3v) is 3.86. The SMILES string of the molecule is CCN(C(=O)c1ccc(C(=O)NCCOC)cc1)c1cccc(C)c1. The van der Waals surface area contributed by atoms with Gasteiger partial charge in [-0.25, -0.2) is 0 Å². The number of carbonyl (C=O) groups is 2. The summed E-state index contributed by atoms with van der Waals surface area (Å²) in [6.45, 7) is 5.43. The molecule has 0 saturated carbocycles. The van der Waals surface area contributed by atoms with Crippen molar-refractivity contribution in [3.8, 4) is 0 Å². The standard InChI is InChI=1S/C20H24N2O3/c1-4-22(18-7-5-6-15(2)14-18)20(24)17-10-8-16(9-11-17)19(23)21-12-13-25-3/h5-11,14H,4,12-13H2,1-3H3,(H,21,23). The van der Waals surface area contributed by atoms with E-state index in [0.29, 0.717) is 30.8 Å². The normalized spacial score (nSPS) is 10.4. The Morgan fingerprint density at radius 1 is 1.08 bits per heavy atom. The number of hydrogen-bond acceptors (Lipinski definition) is 3. The first kappa shape index (κ1) is 18.7. The van der Waals surface area contributed by atoms with Crippen LogP contribution in [0.2, 0.25) is 0 Å². The van der Waals surface area contributed by atoms with Crippen molar-refractivity contribution in [2.24, 2.45) is 0 Å². The molecule has 5 nitrogen and oxygen atoms in total. The first-order valence-corrected chi connectivity index (χ1v) is 8.32. The molecule has 2 amide bonds. The average Bonchev–Trinajstić information content (AvgIpc) is 2.62. The maximum absolute atomic E-state index is 12.8. The number of benzene rings is 2. The van der Waals surface area contributed by atoms with Crippen LogP contribution in [-0.2, 0) is 4.74 Å². The Kier molecular flexibility index (Phi) is 6.71. The van der Waals surface area contributed by atoms with Gasteiger partial charge in [0.1, 0.15) is 0 Å². The molecular formula is C20H24N2O3. The van der Waals surface area contributed by atoms with Crippen LogP contribution >= 0.6 is 0 Å². The van der Waals surface area contributed by atoms with Crippen molar-refractivity contribution in [1.29, 1.82) is 0 Å². The topological polar surface area (TPSA) is 58.6 Å². The molecule has 0 aliphatic heterocycles. The third-order valence-electron chi connectivity index (χ3n) is 3.86. The van der Waals surface area contributed by atoms with Gasteiger partial charge in [-0.2, -0.15) is 0 Å². The monoisotopic (exact) mass is 340 g/mol. The molecule has 2 aromatic carbocycles. The summed E-state index contributed by atoms with van der Waals surface area (Å²) in [5, 5.41) is 2.76. The highest BCUT2D eigenvalue weighted by Gasteiger charge is 2.16. The van der Waals surface area contributed by atoms with Gasteiger partial charge >= 0.3 is 0 Å². The van der Waals surface area contributed by atoms with Crippen LogP contribution in [0.1, 0.15) is 33.2 Å². The molecule has 0 aromatic heterocycles. The second-order valence-electron chi connectivity index (χ2n) is 5.71. The summed E-state index contributed by atoms with van der Waals surface area (Å²) < 4.78 is 4.90. The highest BCUT2D eigenvalue weighted by atomic mass is 16.5. The Morgan fingerprint density at radius 3 is 2.36 bits per heavy atom. The summed E-state index contributed by atoms with van der Waals surface area (Å²) in [7, 11) is 1.58. The van der Waals surface area contributed by atoms with Gasteiger partial charge in [-0.05, 0) is 55.8 Å². The number of aryl methyl sites for hydroxylation is 1. The van der Waals surface area contributed by atoms with Crippen molar-refractivity contribution in [1.82, 2.24) is 5.32 Å². The number of amides is 2. The van der Waals surface area contributed by atoms with Crippen molar-refractivity contribution in [2.75, 3.05) is 31.7 Å². The minimum atomic E-state index is -0.179. The summed E-state index contributed by atoms with van der Waals surface area (Å²) in [4.78, 5) is 26.5. The third kappa shape index (κ3) is 4.90. The zero-order valence-electron chi connectivity index (χ0n) is 14.9. The van der Waals surface area contributed by atoms with Crippen LogP contribution in [0.4, 0.5) is 5.69 Å². The lowest BCUT2D eigenvalue weighted by atomic mass is 10.1. The minimum absolute atomic E-state index is 0.0839. The summed E-state index contributed by atoms with van der Waals surface area (Å²) in [5.41, 5.74) is 3.05. The summed E-state index contributed by atoms with van der Waals surface area (Å²) >= 11 is 0. The van der Waals surface area contributed by atoms with E-state index in [4.69, 9.17) is 4.74 Å². The van der Waals surface area contributed by atoms with Crippen LogP contribution in [0, 0.1) is 6.92 Å². The highest BCUT2D eigenvalue weighted by Crippen LogP contribution is 2.19. The van der Waals surface area contributed by atoms with Gasteiger partial charge in [0.15, 0.2) is 0 Å². The van der Waals surface area contributed by atoms with E-state index in [0.717, 1.165) is 11.3 Å². The Morgan fingerprint density at radius 2 is 1.76 bits per heavy atom. The summed E-state index contributed by atoms with van der Waals surface area (Å²) in [6.07, 6.45) is 0. The van der Waals surface area contributed by atoms with Gasteiger partial charge in [-0.1, -0.05) is 12.1 Å². The molecule has 25 heavy (non-hydrogen) atoms. The molecule has 2 aromatic rings. The molecule has 0 aliphatic rings. The van der Waals surface area contributed by atoms with Gasteiger partial charge in [0.25, 0.3) is 11.8 Å². The van der Waals surface area contributed by atoms with Crippen molar-refractivity contribution in [2.45, 2.75) is 13.8 Å². The maximum Gasteiger partial charge on any atom is 0.258 e. The van der Waals surface area contributed by atoms with Crippen LogP contribution in [0.25, 0.3) is 0 Å². The van der Waals surface area contributed by atoms with Gasteiger partial charge in [-0.3, -0.25) is 9.59 Å². The second kappa shape index (κ2) is 8.99. The lowest BCUT2D eigenvalue weighted by Crippen LogP contribution is -2.31. The number of nitrogens with one attached hydrogen (secondary N) is 1. The lowest BCUT2D eigenvalue weighted by Gasteiger charge is -2.21. The molecule has 0 bridgehead atoms. The van der Waals surface area contributed by atoms with Crippen LogP contribution in [0.5, 0.6) is 0 Å². The van der Waals surface area contributed by atoms with Crippen LogP contribution < -0.4 is 10.2 Å². The Hall–Kier alpha value is -2.66. The van der Waals surface area contributed by atoms with Crippen LogP contribution in [0.15, 0.2) is 48.5 Å². The molecular weight excluding hydrogens is 316 g/mol. The number of hydrogen-bond donors (Lipinski definition) is 1.